The molecule has 2 heteroatoms. The molecule has 0 aliphatic rings. The quantitative estimate of drug-likeness (QED) is 0.473. The van der Waals surface area contributed by atoms with Gasteiger partial charge in [-0.15, -0.1) is 11.6 Å². The van der Waals surface area contributed by atoms with E-state index in [1.165, 1.54) is 5.57 Å². The van der Waals surface area contributed by atoms with Gasteiger partial charge < -0.3 is 0 Å². The van der Waals surface area contributed by atoms with E-state index in [9.17, 15) is 0 Å². The van der Waals surface area contributed by atoms with Crippen molar-refractivity contribution >= 4 is 11.6 Å². The van der Waals surface area contributed by atoms with Gasteiger partial charge in [-0.2, -0.15) is 5.26 Å². The Morgan fingerprint density at radius 3 is 2.64 bits per heavy atom. The van der Waals surface area contributed by atoms with Crippen molar-refractivity contribution in [2.45, 2.75) is 32.6 Å². The smallest absolute Gasteiger partial charge is 0.121 e. The molecule has 62 valence electrons. The summed E-state index contributed by atoms with van der Waals surface area (Å²) in [5, 5.41) is 8.09. The fourth-order valence-electron chi connectivity index (χ4n) is 0.834. The Balaban J connectivity index is 3.89. The Bertz CT molecular complexity index is 178. The fourth-order valence-corrected chi connectivity index (χ4v) is 1.10. The monoisotopic (exact) mass is 171 g/mol. The Morgan fingerprint density at radius 2 is 2.27 bits per heavy atom. The predicted octanol–water partition coefficient (Wildman–Crippen LogP) is 3.11. The van der Waals surface area contributed by atoms with Crippen molar-refractivity contribution in [2.75, 3.05) is 0 Å². The first-order valence-corrected chi connectivity index (χ1v) is 4.22. The number of hydrogen-bond donors (Lipinski definition) is 0. The zero-order valence-corrected chi connectivity index (χ0v) is 8.02. The average Bonchev–Trinajstić information content (AvgIpc) is 2.02. The lowest BCUT2D eigenvalue weighted by molar-refractivity contribution is 0.628. The molecule has 0 rings (SSSR count). The summed E-state index contributed by atoms with van der Waals surface area (Å²) in [6.45, 7) is 6.15. The van der Waals surface area contributed by atoms with Crippen LogP contribution < -0.4 is 0 Å². The summed E-state index contributed by atoms with van der Waals surface area (Å²) in [5.74, 6) is 0.419. The molecular formula is C9H14ClN. The van der Waals surface area contributed by atoms with E-state index in [1.807, 2.05) is 13.0 Å². The maximum absolute atomic E-state index is 8.44. The molecule has 0 spiro atoms. The summed E-state index contributed by atoms with van der Waals surface area (Å²) in [4.78, 5) is 0. The third-order valence-corrected chi connectivity index (χ3v) is 2.21. The summed E-state index contributed by atoms with van der Waals surface area (Å²) < 4.78 is 0. The maximum Gasteiger partial charge on any atom is 0.121 e. The minimum Gasteiger partial charge on any atom is -0.197 e. The molecule has 11 heavy (non-hydrogen) atoms. The SMILES string of the molecule is C/C=C(\C)[C@H](C)C[C@@H](Cl)C#N. The molecule has 0 amide bonds. The second-order valence-corrected chi connectivity index (χ2v) is 3.29. The van der Waals surface area contributed by atoms with Crippen molar-refractivity contribution in [2.24, 2.45) is 5.92 Å². The van der Waals surface area contributed by atoms with Crippen LogP contribution in [-0.4, -0.2) is 5.38 Å². The molecule has 0 aliphatic carbocycles. The predicted molar refractivity (Wildman–Crippen MR) is 48.5 cm³/mol. The summed E-state index contributed by atoms with van der Waals surface area (Å²) in [5.41, 5.74) is 1.30. The first-order valence-electron chi connectivity index (χ1n) is 3.78. The normalized spacial score (nSPS) is 17.2. The molecule has 0 saturated carbocycles. The van der Waals surface area contributed by atoms with Gasteiger partial charge in [-0.05, 0) is 26.2 Å². The van der Waals surface area contributed by atoms with E-state index in [0.717, 1.165) is 6.42 Å². The molecule has 1 nitrogen and oxygen atoms in total. The zero-order chi connectivity index (χ0) is 8.85. The van der Waals surface area contributed by atoms with Crippen molar-refractivity contribution < 1.29 is 0 Å². The topological polar surface area (TPSA) is 23.8 Å². The van der Waals surface area contributed by atoms with Gasteiger partial charge in [0.15, 0.2) is 0 Å². The fraction of sp³-hybridized carbons (Fsp3) is 0.667. The summed E-state index contributed by atoms with van der Waals surface area (Å²) in [6, 6.07) is 2.01. The average molecular weight is 172 g/mol. The highest BCUT2D eigenvalue weighted by atomic mass is 35.5. The molecule has 0 aromatic heterocycles. The lowest BCUT2D eigenvalue weighted by atomic mass is 9.97. The molecule has 0 unspecified atom stereocenters. The van der Waals surface area contributed by atoms with Crippen LogP contribution in [0.15, 0.2) is 11.6 Å². The molecule has 0 aliphatic heterocycles. The van der Waals surface area contributed by atoms with Gasteiger partial charge >= 0.3 is 0 Å². The minimum absolute atomic E-state index is 0.347. The highest BCUT2D eigenvalue weighted by molar-refractivity contribution is 6.22. The highest BCUT2D eigenvalue weighted by Crippen LogP contribution is 2.18. The van der Waals surface area contributed by atoms with Crippen molar-refractivity contribution in [3.63, 3.8) is 0 Å². The molecule has 0 aromatic rings. The summed E-state index contributed by atoms with van der Waals surface area (Å²) >= 11 is 5.67. The van der Waals surface area contributed by atoms with E-state index in [2.05, 4.69) is 19.9 Å². The molecule has 0 fully saturated rings. The second kappa shape index (κ2) is 5.21. The van der Waals surface area contributed by atoms with Crippen LogP contribution in [0.3, 0.4) is 0 Å². The van der Waals surface area contributed by atoms with Crippen molar-refractivity contribution in [1.82, 2.24) is 0 Å². The molecule has 2 atom stereocenters. The van der Waals surface area contributed by atoms with Gasteiger partial charge in [0.05, 0.1) is 6.07 Å². The first kappa shape index (κ1) is 10.5. The maximum atomic E-state index is 8.44. The minimum atomic E-state index is -0.347. The Morgan fingerprint density at radius 1 is 1.73 bits per heavy atom. The molecule has 0 bridgehead atoms. The Labute approximate surface area is 73.7 Å². The van der Waals surface area contributed by atoms with Crippen molar-refractivity contribution in [1.29, 1.82) is 5.26 Å². The van der Waals surface area contributed by atoms with Crippen LogP contribution in [0.5, 0.6) is 0 Å². The van der Waals surface area contributed by atoms with E-state index >= 15 is 0 Å². The van der Waals surface area contributed by atoms with Crippen molar-refractivity contribution in [3.8, 4) is 6.07 Å². The van der Waals surface area contributed by atoms with Gasteiger partial charge in [-0.1, -0.05) is 18.6 Å². The Hall–Kier alpha value is -0.480. The number of halogens is 1. The molecule has 0 saturated heterocycles. The number of rotatable bonds is 3. The second-order valence-electron chi connectivity index (χ2n) is 2.77. The van der Waals surface area contributed by atoms with Gasteiger partial charge in [0.2, 0.25) is 0 Å². The molecular weight excluding hydrogens is 158 g/mol. The molecule has 0 aromatic carbocycles. The summed E-state index contributed by atoms with van der Waals surface area (Å²) in [7, 11) is 0. The van der Waals surface area contributed by atoms with E-state index in [4.69, 9.17) is 16.9 Å². The molecule has 0 heterocycles. The van der Waals surface area contributed by atoms with Crippen LogP contribution in [0.1, 0.15) is 27.2 Å². The number of hydrogen-bond acceptors (Lipinski definition) is 1. The van der Waals surface area contributed by atoms with Gasteiger partial charge in [0.25, 0.3) is 0 Å². The highest BCUT2D eigenvalue weighted by Gasteiger charge is 2.09. The number of nitrogens with zero attached hydrogens (tertiary/aromatic N) is 1. The third-order valence-electron chi connectivity index (χ3n) is 1.93. The Kier molecular flexibility index (Phi) is 4.98. The molecule has 0 N–H and O–H groups in total. The summed E-state index contributed by atoms with van der Waals surface area (Å²) in [6.07, 6.45) is 2.81. The van der Waals surface area contributed by atoms with Crippen LogP contribution in [0.4, 0.5) is 0 Å². The van der Waals surface area contributed by atoms with E-state index < -0.39 is 0 Å². The standard InChI is InChI=1S/C9H14ClN/c1-4-7(2)8(3)5-9(10)6-11/h4,8-9H,5H2,1-3H3/b7-4+/t8-,9-/m1/s1. The van der Waals surface area contributed by atoms with Crippen LogP contribution in [0.25, 0.3) is 0 Å². The van der Waals surface area contributed by atoms with Gasteiger partial charge in [-0.25, -0.2) is 0 Å². The van der Waals surface area contributed by atoms with Crippen LogP contribution in [-0.2, 0) is 0 Å². The van der Waals surface area contributed by atoms with Gasteiger partial charge in [0, 0.05) is 0 Å². The number of allylic oxidation sites excluding steroid dienone is 2. The number of alkyl halides is 1. The zero-order valence-electron chi connectivity index (χ0n) is 7.26. The number of nitriles is 1. The lowest BCUT2D eigenvalue weighted by Crippen LogP contribution is -2.04. The van der Waals surface area contributed by atoms with Crippen LogP contribution in [0, 0.1) is 17.2 Å². The van der Waals surface area contributed by atoms with Gasteiger partial charge in [0.1, 0.15) is 5.38 Å². The molecule has 0 radical (unpaired) electrons. The third kappa shape index (κ3) is 4.06. The lowest BCUT2D eigenvalue weighted by Gasteiger charge is -2.11. The largest absolute Gasteiger partial charge is 0.197 e. The van der Waals surface area contributed by atoms with E-state index in [0.29, 0.717) is 5.92 Å². The van der Waals surface area contributed by atoms with Crippen molar-refractivity contribution in [3.05, 3.63) is 11.6 Å². The van der Waals surface area contributed by atoms with E-state index in [1.54, 1.807) is 0 Å². The van der Waals surface area contributed by atoms with Crippen LogP contribution in [0.2, 0.25) is 0 Å². The first-order chi connectivity index (χ1) is 5.11. The van der Waals surface area contributed by atoms with Gasteiger partial charge in [-0.3, -0.25) is 0 Å². The van der Waals surface area contributed by atoms with Crippen LogP contribution >= 0.6 is 11.6 Å². The van der Waals surface area contributed by atoms with E-state index in [-0.39, 0.29) is 5.38 Å².